The van der Waals surface area contributed by atoms with Gasteiger partial charge >= 0.3 is 0 Å². The second-order valence-electron chi connectivity index (χ2n) is 8.86. The van der Waals surface area contributed by atoms with Gasteiger partial charge in [0.25, 0.3) is 5.91 Å². The molecular weight excluding hydrogens is 442 g/mol. The summed E-state index contributed by atoms with van der Waals surface area (Å²) in [6, 6.07) is 7.90. The first-order valence-electron chi connectivity index (χ1n) is 11.2. The van der Waals surface area contributed by atoms with Crippen molar-refractivity contribution in [2.24, 2.45) is 13.0 Å². The van der Waals surface area contributed by atoms with Gasteiger partial charge in [0.05, 0.1) is 5.69 Å². The van der Waals surface area contributed by atoms with Crippen LogP contribution in [0.15, 0.2) is 36.5 Å². The molecule has 2 aromatic heterocycles. The number of H-pyrrole nitrogens is 1. The van der Waals surface area contributed by atoms with Crippen LogP contribution in [0.25, 0.3) is 11.1 Å². The van der Waals surface area contributed by atoms with Crippen LogP contribution in [0.4, 0.5) is 14.5 Å². The van der Waals surface area contributed by atoms with E-state index in [1.807, 2.05) is 26.0 Å². The Morgan fingerprint density at radius 3 is 2.38 bits per heavy atom. The molecule has 34 heavy (non-hydrogen) atoms. The molecule has 1 atom stereocenters. The van der Waals surface area contributed by atoms with Crippen LogP contribution >= 0.6 is 0 Å². The number of carbonyl (C=O) groups excluding carboxylic acids is 2. The average molecular weight is 471 g/mol. The number of benzene rings is 1. The Hall–Kier alpha value is -3.56. The van der Waals surface area contributed by atoms with Crippen molar-refractivity contribution in [1.82, 2.24) is 25.3 Å². The number of aromatic amines is 1. The summed E-state index contributed by atoms with van der Waals surface area (Å²) in [4.78, 5) is 26.0. The van der Waals surface area contributed by atoms with E-state index in [4.69, 9.17) is 0 Å². The molecule has 8 nitrogen and oxygen atoms in total. The lowest BCUT2D eigenvalue weighted by Crippen LogP contribution is -2.50. The van der Waals surface area contributed by atoms with Crippen LogP contribution in [0.5, 0.6) is 0 Å². The van der Waals surface area contributed by atoms with Gasteiger partial charge in [-0.25, -0.2) is 8.78 Å². The molecule has 10 heteroatoms. The minimum Gasteiger partial charge on any atom is -0.339 e. The number of alkyl halides is 2. The summed E-state index contributed by atoms with van der Waals surface area (Å²) in [7, 11) is 1.62. The van der Waals surface area contributed by atoms with Crippen molar-refractivity contribution < 1.29 is 18.4 Å². The van der Waals surface area contributed by atoms with Gasteiger partial charge in [-0.05, 0) is 56.4 Å². The Balaban J connectivity index is 1.51. The van der Waals surface area contributed by atoms with E-state index in [0.29, 0.717) is 5.69 Å². The second kappa shape index (κ2) is 9.36. The minimum atomic E-state index is -2.73. The first-order chi connectivity index (χ1) is 16.1. The minimum absolute atomic E-state index is 0.148. The molecule has 0 spiro atoms. The number of aryl methyl sites for hydroxylation is 3. The lowest BCUT2D eigenvalue weighted by atomic mass is 9.81. The van der Waals surface area contributed by atoms with Crippen LogP contribution in [0.1, 0.15) is 47.6 Å². The van der Waals surface area contributed by atoms with Gasteiger partial charge in [0, 0.05) is 43.0 Å². The third-order valence-corrected chi connectivity index (χ3v) is 6.43. The fourth-order valence-electron chi connectivity index (χ4n) is 4.52. The van der Waals surface area contributed by atoms with Gasteiger partial charge in [-0.2, -0.15) is 10.2 Å². The first kappa shape index (κ1) is 23.6. The maximum atomic E-state index is 13.7. The third kappa shape index (κ3) is 5.00. The summed E-state index contributed by atoms with van der Waals surface area (Å²) in [6.07, 6.45) is 1.17. The number of rotatable bonds is 6. The van der Waals surface area contributed by atoms with Crippen molar-refractivity contribution in [3.05, 3.63) is 53.6 Å². The molecule has 3 aromatic rings. The molecule has 1 aliphatic carbocycles. The normalized spacial score (nSPS) is 16.7. The molecule has 180 valence electrons. The topological polar surface area (TPSA) is 105 Å². The zero-order valence-corrected chi connectivity index (χ0v) is 19.4. The Kier molecular flexibility index (Phi) is 6.49. The zero-order chi connectivity index (χ0) is 24.5. The highest BCUT2D eigenvalue weighted by molar-refractivity contribution is 6.00. The number of nitrogens with zero attached hydrogens (tertiary/aromatic N) is 3. The van der Waals surface area contributed by atoms with Gasteiger partial charge < -0.3 is 10.6 Å². The summed E-state index contributed by atoms with van der Waals surface area (Å²) < 4.78 is 28.9. The molecule has 2 amide bonds. The van der Waals surface area contributed by atoms with Crippen molar-refractivity contribution in [3.63, 3.8) is 0 Å². The van der Waals surface area contributed by atoms with E-state index in [9.17, 15) is 18.4 Å². The van der Waals surface area contributed by atoms with Crippen molar-refractivity contribution in [2.75, 3.05) is 5.32 Å². The van der Waals surface area contributed by atoms with E-state index in [2.05, 4.69) is 25.9 Å². The van der Waals surface area contributed by atoms with Gasteiger partial charge in [0.2, 0.25) is 11.8 Å². The van der Waals surface area contributed by atoms with Crippen LogP contribution in [0, 0.1) is 19.8 Å². The number of hydrogen-bond donors (Lipinski definition) is 3. The number of amides is 2. The van der Waals surface area contributed by atoms with Crippen molar-refractivity contribution in [1.29, 1.82) is 0 Å². The predicted octanol–water partition coefficient (Wildman–Crippen LogP) is 3.99. The molecule has 0 saturated heterocycles. The van der Waals surface area contributed by atoms with Gasteiger partial charge in [0.1, 0.15) is 11.7 Å². The number of carbonyl (C=O) groups is 2. The van der Waals surface area contributed by atoms with E-state index < -0.39 is 29.7 Å². The van der Waals surface area contributed by atoms with Crippen molar-refractivity contribution in [3.8, 4) is 11.1 Å². The second-order valence-corrected chi connectivity index (χ2v) is 8.86. The fourth-order valence-corrected chi connectivity index (χ4v) is 4.52. The Morgan fingerprint density at radius 1 is 1.15 bits per heavy atom. The molecule has 1 saturated carbocycles. The first-order valence-corrected chi connectivity index (χ1v) is 11.2. The molecule has 4 rings (SSSR count). The number of halogens is 2. The molecule has 0 bridgehead atoms. The zero-order valence-electron chi connectivity index (χ0n) is 19.4. The molecule has 0 radical (unpaired) electrons. The smallest absolute Gasteiger partial charge is 0.270 e. The quantitative estimate of drug-likeness (QED) is 0.507. The highest BCUT2D eigenvalue weighted by atomic mass is 19.3. The highest BCUT2D eigenvalue weighted by Gasteiger charge is 2.40. The standard InChI is InChI=1S/C24H28F2N6O2/c1-14-20(15(2)31-30-14)16-4-6-18(7-5-16)28-23(34)21(17-8-11-24(25,26)12-9-17)29-22(33)19-10-13-27-32(19)3/h4-7,10,13,17,21H,8-9,11-12H2,1-3H3,(H,28,34)(H,29,33)(H,30,31)/t21-/m0/s1. The van der Waals surface area contributed by atoms with Crippen molar-refractivity contribution in [2.45, 2.75) is 51.5 Å². The van der Waals surface area contributed by atoms with Gasteiger partial charge in [-0.3, -0.25) is 19.4 Å². The number of anilines is 1. The highest BCUT2D eigenvalue weighted by Crippen LogP contribution is 2.38. The van der Waals surface area contributed by atoms with Crippen LogP contribution < -0.4 is 10.6 Å². The van der Waals surface area contributed by atoms with Gasteiger partial charge in [-0.15, -0.1) is 0 Å². The summed E-state index contributed by atoms with van der Waals surface area (Å²) in [6.45, 7) is 3.85. The van der Waals surface area contributed by atoms with E-state index >= 15 is 0 Å². The van der Waals surface area contributed by atoms with E-state index in [1.54, 1.807) is 19.2 Å². The molecule has 2 heterocycles. The number of aromatic nitrogens is 4. The Labute approximate surface area is 196 Å². The Bertz CT molecular complexity index is 1160. The van der Waals surface area contributed by atoms with E-state index in [1.165, 1.54) is 16.9 Å². The van der Waals surface area contributed by atoms with Crippen molar-refractivity contribution >= 4 is 17.5 Å². The largest absolute Gasteiger partial charge is 0.339 e. The third-order valence-electron chi connectivity index (χ3n) is 6.43. The van der Waals surface area contributed by atoms with Crippen LogP contribution in [0.3, 0.4) is 0 Å². The van der Waals surface area contributed by atoms with E-state index in [0.717, 1.165) is 22.5 Å². The maximum Gasteiger partial charge on any atom is 0.270 e. The lowest BCUT2D eigenvalue weighted by molar-refractivity contribution is -0.121. The van der Waals surface area contributed by atoms with Gasteiger partial charge in [0.15, 0.2) is 0 Å². The number of hydrogen-bond acceptors (Lipinski definition) is 4. The average Bonchev–Trinajstić information content (AvgIpc) is 3.37. The van der Waals surface area contributed by atoms with Crippen LogP contribution in [-0.4, -0.2) is 43.8 Å². The molecule has 1 aliphatic rings. The SMILES string of the molecule is Cc1n[nH]c(C)c1-c1ccc(NC(=O)[C@@H](NC(=O)c2ccnn2C)C2CCC(F)(F)CC2)cc1. The summed E-state index contributed by atoms with van der Waals surface area (Å²) in [5.41, 5.74) is 4.62. The predicted molar refractivity (Wildman–Crippen MR) is 123 cm³/mol. The summed E-state index contributed by atoms with van der Waals surface area (Å²) in [5, 5.41) is 16.7. The fraction of sp³-hybridized carbons (Fsp3) is 0.417. The summed E-state index contributed by atoms with van der Waals surface area (Å²) in [5.74, 6) is -4.04. The molecule has 3 N–H and O–H groups in total. The maximum absolute atomic E-state index is 13.7. The molecule has 1 fully saturated rings. The van der Waals surface area contributed by atoms with E-state index in [-0.39, 0.29) is 31.4 Å². The summed E-state index contributed by atoms with van der Waals surface area (Å²) >= 11 is 0. The lowest BCUT2D eigenvalue weighted by Gasteiger charge is -2.33. The molecular formula is C24H28F2N6O2. The number of nitrogens with one attached hydrogen (secondary N) is 3. The van der Waals surface area contributed by atoms with Crippen LogP contribution in [0.2, 0.25) is 0 Å². The monoisotopic (exact) mass is 470 g/mol. The van der Waals surface area contributed by atoms with Gasteiger partial charge in [-0.1, -0.05) is 12.1 Å². The van der Waals surface area contributed by atoms with Crippen LogP contribution in [-0.2, 0) is 11.8 Å². The molecule has 0 aliphatic heterocycles. The molecule has 0 unspecified atom stereocenters. The molecule has 1 aromatic carbocycles. The Morgan fingerprint density at radius 2 is 1.82 bits per heavy atom.